The minimum absolute atomic E-state index is 0.199. The Morgan fingerprint density at radius 1 is 0.800 bits per heavy atom. The quantitative estimate of drug-likeness (QED) is 0.325. The lowest BCUT2D eigenvalue weighted by molar-refractivity contribution is 0.588. The number of aromatic nitrogens is 2. The van der Waals surface area contributed by atoms with E-state index in [9.17, 15) is 8.42 Å². The van der Waals surface area contributed by atoms with Gasteiger partial charge in [-0.3, -0.25) is 0 Å². The van der Waals surface area contributed by atoms with E-state index in [1.807, 2.05) is 79.7 Å². The second-order valence-corrected chi connectivity index (χ2v) is 10.1. The van der Waals surface area contributed by atoms with Crippen molar-refractivity contribution in [3.63, 3.8) is 0 Å². The Bertz CT molecular complexity index is 1660. The van der Waals surface area contributed by atoms with Gasteiger partial charge < -0.3 is 4.90 Å². The maximum absolute atomic E-state index is 13.5. The summed E-state index contributed by atoms with van der Waals surface area (Å²) in [6.07, 6.45) is 3.27. The first-order valence-corrected chi connectivity index (χ1v) is 12.5. The van der Waals surface area contributed by atoms with E-state index in [2.05, 4.69) is 16.8 Å². The van der Waals surface area contributed by atoms with Gasteiger partial charge in [0.05, 0.1) is 10.5 Å². The van der Waals surface area contributed by atoms with Crippen LogP contribution in [0.25, 0.3) is 22.2 Å². The number of pyridine rings is 1. The molecule has 0 radical (unpaired) electrons. The number of benzene rings is 3. The molecular weight excluding hydrogens is 454 g/mol. The molecule has 35 heavy (non-hydrogen) atoms. The second-order valence-electron chi connectivity index (χ2n) is 8.31. The van der Waals surface area contributed by atoms with E-state index in [1.165, 1.54) is 3.97 Å². The minimum Gasteiger partial charge on any atom is -0.378 e. The Labute approximate surface area is 205 Å². The summed E-state index contributed by atoms with van der Waals surface area (Å²) < 4.78 is 28.2. The molecule has 2 aromatic heterocycles. The molecule has 0 fully saturated rings. The number of rotatable bonds is 4. The maximum Gasteiger partial charge on any atom is 0.269 e. The molecule has 0 N–H and O–H groups in total. The Hall–Kier alpha value is -4.34. The Morgan fingerprint density at radius 2 is 1.46 bits per heavy atom. The summed E-state index contributed by atoms with van der Waals surface area (Å²) in [5.74, 6) is 6.31. The minimum atomic E-state index is -3.84. The molecule has 6 heteroatoms. The molecular formula is C29H23N3O2S. The van der Waals surface area contributed by atoms with Gasteiger partial charge >= 0.3 is 0 Å². The second kappa shape index (κ2) is 9.13. The van der Waals surface area contributed by atoms with E-state index in [0.29, 0.717) is 16.6 Å². The normalized spacial score (nSPS) is 11.1. The van der Waals surface area contributed by atoms with E-state index in [1.54, 1.807) is 42.7 Å². The van der Waals surface area contributed by atoms with Crippen LogP contribution in [-0.2, 0) is 10.0 Å². The van der Waals surface area contributed by atoms with Crippen LogP contribution in [0.5, 0.6) is 0 Å². The van der Waals surface area contributed by atoms with Gasteiger partial charge in [-0.15, -0.1) is 0 Å². The highest BCUT2D eigenvalue weighted by Crippen LogP contribution is 2.29. The third kappa shape index (κ3) is 4.42. The van der Waals surface area contributed by atoms with Crippen LogP contribution in [0.2, 0.25) is 0 Å². The molecule has 0 atom stereocenters. The first kappa shape index (κ1) is 22.5. The summed E-state index contributed by atoms with van der Waals surface area (Å²) in [6, 6.07) is 28.1. The summed E-state index contributed by atoms with van der Waals surface area (Å²) in [5.41, 5.74) is 4.77. The van der Waals surface area contributed by atoms with Crippen molar-refractivity contribution in [2.75, 3.05) is 19.0 Å². The molecule has 172 valence electrons. The maximum atomic E-state index is 13.5. The molecule has 0 aliphatic carbocycles. The monoisotopic (exact) mass is 477 g/mol. The van der Waals surface area contributed by atoms with Crippen LogP contribution >= 0.6 is 0 Å². The van der Waals surface area contributed by atoms with E-state index in [4.69, 9.17) is 0 Å². The molecule has 5 rings (SSSR count). The van der Waals surface area contributed by atoms with Crippen molar-refractivity contribution in [1.29, 1.82) is 0 Å². The number of anilines is 1. The number of hydrogen-bond acceptors (Lipinski definition) is 4. The lowest BCUT2D eigenvalue weighted by Gasteiger charge is -2.12. The molecule has 3 aromatic carbocycles. The van der Waals surface area contributed by atoms with E-state index >= 15 is 0 Å². The SMILES string of the molecule is CN(C)c1ccc(-c2cnc3c(c2)c(C#Cc2ccccc2)cn3S(=O)(=O)c2ccccc2)cc1. The predicted molar refractivity (Wildman–Crippen MR) is 141 cm³/mol. The fourth-order valence-corrected chi connectivity index (χ4v) is 5.18. The van der Waals surface area contributed by atoms with Crippen molar-refractivity contribution in [2.24, 2.45) is 0 Å². The summed E-state index contributed by atoms with van der Waals surface area (Å²) in [6.45, 7) is 0. The van der Waals surface area contributed by atoms with Crippen molar-refractivity contribution in [1.82, 2.24) is 8.96 Å². The average molecular weight is 478 g/mol. The number of nitrogens with zero attached hydrogens (tertiary/aromatic N) is 3. The summed E-state index contributed by atoms with van der Waals surface area (Å²) >= 11 is 0. The molecule has 0 saturated heterocycles. The highest BCUT2D eigenvalue weighted by atomic mass is 32.2. The van der Waals surface area contributed by atoms with Gasteiger partial charge in [0.1, 0.15) is 0 Å². The molecule has 0 spiro atoms. The molecule has 0 unspecified atom stereocenters. The van der Waals surface area contributed by atoms with Gasteiger partial charge in [-0.2, -0.15) is 0 Å². The van der Waals surface area contributed by atoms with Gasteiger partial charge in [-0.05, 0) is 48.0 Å². The lowest BCUT2D eigenvalue weighted by Crippen LogP contribution is -2.12. The zero-order chi connectivity index (χ0) is 24.4. The van der Waals surface area contributed by atoms with Gasteiger partial charge in [-0.1, -0.05) is 60.4 Å². The molecule has 0 saturated carbocycles. The fourth-order valence-electron chi connectivity index (χ4n) is 3.84. The van der Waals surface area contributed by atoms with Gasteiger partial charge in [0.2, 0.25) is 0 Å². The van der Waals surface area contributed by atoms with Crippen molar-refractivity contribution < 1.29 is 8.42 Å². The molecule has 5 aromatic rings. The third-order valence-corrected chi connectivity index (χ3v) is 7.41. The summed E-state index contributed by atoms with van der Waals surface area (Å²) in [4.78, 5) is 6.83. The lowest BCUT2D eigenvalue weighted by atomic mass is 10.0. The largest absolute Gasteiger partial charge is 0.378 e. The number of fused-ring (bicyclic) bond motifs is 1. The Kier molecular flexibility index (Phi) is 5.86. The molecule has 0 aliphatic rings. The van der Waals surface area contributed by atoms with Crippen molar-refractivity contribution in [3.8, 4) is 23.0 Å². The van der Waals surface area contributed by atoms with Crippen LogP contribution in [-0.4, -0.2) is 31.5 Å². The van der Waals surface area contributed by atoms with Gasteiger partial charge in [0, 0.05) is 48.7 Å². The van der Waals surface area contributed by atoms with Crippen LogP contribution in [0.4, 0.5) is 5.69 Å². The zero-order valence-electron chi connectivity index (χ0n) is 19.4. The first-order valence-electron chi connectivity index (χ1n) is 11.1. The van der Waals surface area contributed by atoms with Crippen LogP contribution in [0, 0.1) is 11.8 Å². The first-order chi connectivity index (χ1) is 16.9. The highest BCUT2D eigenvalue weighted by Gasteiger charge is 2.22. The molecule has 0 bridgehead atoms. The third-order valence-electron chi connectivity index (χ3n) is 5.74. The van der Waals surface area contributed by atoms with E-state index < -0.39 is 10.0 Å². The smallest absolute Gasteiger partial charge is 0.269 e. The molecule has 0 amide bonds. The van der Waals surface area contributed by atoms with E-state index in [0.717, 1.165) is 22.4 Å². The van der Waals surface area contributed by atoms with E-state index in [-0.39, 0.29) is 4.90 Å². The van der Waals surface area contributed by atoms with Gasteiger partial charge in [0.15, 0.2) is 5.65 Å². The van der Waals surface area contributed by atoms with Gasteiger partial charge in [-0.25, -0.2) is 17.4 Å². The van der Waals surface area contributed by atoms with Gasteiger partial charge in [0.25, 0.3) is 10.0 Å². The van der Waals surface area contributed by atoms with Crippen molar-refractivity contribution in [2.45, 2.75) is 4.90 Å². The Morgan fingerprint density at radius 3 is 2.11 bits per heavy atom. The topological polar surface area (TPSA) is 55.2 Å². The molecule has 0 aliphatic heterocycles. The standard InChI is InChI=1S/C29H23N3O2S/c1-31(2)26-17-15-23(16-18-26)25-19-28-24(14-13-22-9-5-3-6-10-22)21-32(29(28)30-20-25)35(33,34)27-11-7-4-8-12-27/h3-12,15-21H,1-2H3. The summed E-state index contributed by atoms with van der Waals surface area (Å²) in [7, 11) is 0.153. The van der Waals surface area contributed by atoms with Crippen molar-refractivity contribution in [3.05, 3.63) is 115 Å². The van der Waals surface area contributed by atoms with Crippen LogP contribution < -0.4 is 4.90 Å². The predicted octanol–water partition coefficient (Wildman–Crippen LogP) is 5.41. The molecule has 2 heterocycles. The van der Waals surface area contributed by atoms with Crippen LogP contribution in [0.15, 0.2) is 108 Å². The molecule has 5 nitrogen and oxygen atoms in total. The average Bonchev–Trinajstić information content (AvgIpc) is 3.27. The highest BCUT2D eigenvalue weighted by molar-refractivity contribution is 7.90. The zero-order valence-corrected chi connectivity index (χ0v) is 20.2. The van der Waals surface area contributed by atoms with Crippen LogP contribution in [0.1, 0.15) is 11.1 Å². The summed E-state index contributed by atoms with van der Waals surface area (Å²) in [5, 5.41) is 0.683. The van der Waals surface area contributed by atoms with Crippen molar-refractivity contribution >= 4 is 26.7 Å². The fraction of sp³-hybridized carbons (Fsp3) is 0.0690. The number of hydrogen-bond donors (Lipinski definition) is 0. The van der Waals surface area contributed by atoms with Crippen LogP contribution in [0.3, 0.4) is 0 Å². The Balaban J connectivity index is 1.68.